The van der Waals surface area contributed by atoms with Gasteiger partial charge in [0, 0.05) is 5.57 Å². The predicted octanol–water partition coefficient (Wildman–Crippen LogP) is 2.45. The van der Waals surface area contributed by atoms with Crippen molar-refractivity contribution in [3.8, 4) is 0 Å². The average molecular weight is 192 g/mol. The highest BCUT2D eigenvalue weighted by atomic mass is 16.4. The zero-order valence-electron chi connectivity index (χ0n) is 8.49. The standard InChI is InChI=1S/C12H16O2/c1-2-7(12(13)14)11-9-4-6-3-8(9)10(11)5-6/h6,8-10H,2-5H2,1H3,(H,13,14). The molecule has 76 valence electrons. The van der Waals surface area contributed by atoms with Crippen LogP contribution < -0.4 is 0 Å². The van der Waals surface area contributed by atoms with E-state index in [2.05, 4.69) is 0 Å². The smallest absolute Gasteiger partial charge is 0.331 e. The van der Waals surface area contributed by atoms with Gasteiger partial charge < -0.3 is 5.11 Å². The molecule has 2 bridgehead atoms. The van der Waals surface area contributed by atoms with Gasteiger partial charge in [-0.2, -0.15) is 0 Å². The fourth-order valence-corrected chi connectivity index (χ4v) is 4.15. The average Bonchev–Trinajstić information content (AvgIpc) is 2.68. The monoisotopic (exact) mass is 192 g/mol. The van der Waals surface area contributed by atoms with Crippen molar-refractivity contribution in [3.05, 3.63) is 11.1 Å². The second-order valence-electron chi connectivity index (χ2n) is 5.04. The molecule has 0 aliphatic heterocycles. The first-order chi connectivity index (χ1) is 6.72. The van der Waals surface area contributed by atoms with Gasteiger partial charge in [0.1, 0.15) is 0 Å². The molecule has 3 aliphatic carbocycles. The van der Waals surface area contributed by atoms with Gasteiger partial charge in [0.15, 0.2) is 0 Å². The third-order valence-corrected chi connectivity index (χ3v) is 4.57. The lowest BCUT2D eigenvalue weighted by Gasteiger charge is -2.46. The third-order valence-electron chi connectivity index (χ3n) is 4.57. The first-order valence-electron chi connectivity index (χ1n) is 5.68. The maximum Gasteiger partial charge on any atom is 0.331 e. The molecule has 0 aromatic heterocycles. The van der Waals surface area contributed by atoms with Gasteiger partial charge in [0.2, 0.25) is 0 Å². The molecule has 2 unspecified atom stereocenters. The first kappa shape index (κ1) is 8.51. The van der Waals surface area contributed by atoms with Crippen molar-refractivity contribution in [2.45, 2.75) is 32.6 Å². The largest absolute Gasteiger partial charge is 0.478 e. The number of hydrogen-bond donors (Lipinski definition) is 1. The normalized spacial score (nSPS) is 42.5. The molecule has 2 heteroatoms. The molecule has 3 saturated carbocycles. The number of hydrogen-bond acceptors (Lipinski definition) is 1. The van der Waals surface area contributed by atoms with Crippen molar-refractivity contribution in [2.75, 3.05) is 0 Å². The maximum absolute atomic E-state index is 11.1. The Morgan fingerprint density at radius 1 is 1.36 bits per heavy atom. The summed E-state index contributed by atoms with van der Waals surface area (Å²) in [4.78, 5) is 11.1. The van der Waals surface area contributed by atoms with E-state index < -0.39 is 5.97 Å². The molecular formula is C12H16O2. The van der Waals surface area contributed by atoms with Gasteiger partial charge in [0.25, 0.3) is 0 Å². The highest BCUT2D eigenvalue weighted by Crippen LogP contribution is 2.67. The van der Waals surface area contributed by atoms with Crippen LogP contribution in [0.3, 0.4) is 0 Å². The van der Waals surface area contributed by atoms with E-state index in [0.717, 1.165) is 17.4 Å². The van der Waals surface area contributed by atoms with E-state index in [1.165, 1.54) is 24.8 Å². The van der Waals surface area contributed by atoms with Crippen LogP contribution in [0, 0.1) is 23.7 Å². The molecule has 0 spiro atoms. The Labute approximate surface area is 84.0 Å². The number of rotatable bonds is 2. The van der Waals surface area contributed by atoms with E-state index in [1.807, 2.05) is 6.92 Å². The van der Waals surface area contributed by atoms with Crippen LogP contribution in [0.15, 0.2) is 11.1 Å². The second-order valence-corrected chi connectivity index (χ2v) is 5.04. The number of allylic oxidation sites excluding steroid dienone is 1. The summed E-state index contributed by atoms with van der Waals surface area (Å²) >= 11 is 0. The van der Waals surface area contributed by atoms with E-state index in [4.69, 9.17) is 5.11 Å². The Hall–Kier alpha value is -0.790. The molecule has 0 aromatic carbocycles. The Morgan fingerprint density at radius 2 is 2.00 bits per heavy atom. The molecule has 3 rings (SSSR count). The highest BCUT2D eigenvalue weighted by molar-refractivity contribution is 5.88. The number of fused-ring (bicyclic) bond motifs is 1. The number of carbonyl (C=O) groups is 1. The van der Waals surface area contributed by atoms with E-state index in [0.29, 0.717) is 18.3 Å². The van der Waals surface area contributed by atoms with E-state index in [9.17, 15) is 4.79 Å². The van der Waals surface area contributed by atoms with Crippen molar-refractivity contribution in [1.82, 2.24) is 0 Å². The lowest BCUT2D eigenvalue weighted by Crippen LogP contribution is -2.39. The molecule has 14 heavy (non-hydrogen) atoms. The summed E-state index contributed by atoms with van der Waals surface area (Å²) in [7, 11) is 0. The summed E-state index contributed by atoms with van der Waals surface area (Å²) in [6.07, 6.45) is 4.66. The molecule has 0 amide bonds. The summed E-state index contributed by atoms with van der Waals surface area (Å²) in [6.45, 7) is 1.97. The fraction of sp³-hybridized carbons (Fsp3) is 0.750. The van der Waals surface area contributed by atoms with Gasteiger partial charge in [-0.3, -0.25) is 0 Å². The molecule has 3 fully saturated rings. The van der Waals surface area contributed by atoms with Gasteiger partial charge in [-0.15, -0.1) is 0 Å². The third kappa shape index (κ3) is 0.844. The summed E-state index contributed by atoms with van der Waals surface area (Å²) in [5.41, 5.74) is 2.07. The molecular weight excluding hydrogens is 176 g/mol. The van der Waals surface area contributed by atoms with Crippen LogP contribution in [-0.2, 0) is 4.79 Å². The Balaban J connectivity index is 1.97. The van der Waals surface area contributed by atoms with Crippen LogP contribution in [0.5, 0.6) is 0 Å². The Bertz CT molecular complexity index is 313. The van der Waals surface area contributed by atoms with E-state index in [1.54, 1.807) is 0 Å². The van der Waals surface area contributed by atoms with Gasteiger partial charge in [-0.05, 0) is 49.4 Å². The highest BCUT2D eigenvalue weighted by Gasteiger charge is 2.58. The number of carboxylic acids is 1. The quantitative estimate of drug-likeness (QED) is 0.682. The topological polar surface area (TPSA) is 37.3 Å². The van der Waals surface area contributed by atoms with Crippen molar-refractivity contribution in [2.24, 2.45) is 23.7 Å². The molecule has 0 radical (unpaired) electrons. The SMILES string of the molecule is CCC(C(=O)O)=C1C2CC3CC1C2C3. The zero-order valence-corrected chi connectivity index (χ0v) is 8.49. The molecule has 3 aliphatic rings. The van der Waals surface area contributed by atoms with Gasteiger partial charge in [0.05, 0.1) is 0 Å². The summed E-state index contributed by atoms with van der Waals surface area (Å²) in [5, 5.41) is 9.11. The van der Waals surface area contributed by atoms with E-state index in [-0.39, 0.29) is 0 Å². The van der Waals surface area contributed by atoms with Crippen LogP contribution in [-0.4, -0.2) is 11.1 Å². The van der Waals surface area contributed by atoms with Crippen molar-refractivity contribution in [3.63, 3.8) is 0 Å². The van der Waals surface area contributed by atoms with Gasteiger partial charge >= 0.3 is 5.97 Å². The fourth-order valence-electron chi connectivity index (χ4n) is 4.15. The van der Waals surface area contributed by atoms with E-state index >= 15 is 0 Å². The second kappa shape index (κ2) is 2.62. The van der Waals surface area contributed by atoms with Crippen molar-refractivity contribution >= 4 is 5.97 Å². The van der Waals surface area contributed by atoms with Gasteiger partial charge in [-0.1, -0.05) is 12.5 Å². The number of carboxylic acid groups (broad SMARTS) is 1. The van der Waals surface area contributed by atoms with Crippen LogP contribution in [0.1, 0.15) is 32.6 Å². The minimum Gasteiger partial charge on any atom is -0.478 e. The van der Waals surface area contributed by atoms with Crippen molar-refractivity contribution in [1.29, 1.82) is 0 Å². The first-order valence-corrected chi connectivity index (χ1v) is 5.68. The molecule has 1 N–H and O–H groups in total. The van der Waals surface area contributed by atoms with Crippen LogP contribution in [0.4, 0.5) is 0 Å². The lowest BCUT2D eigenvalue weighted by molar-refractivity contribution is -0.133. The Kier molecular flexibility index (Phi) is 1.59. The lowest BCUT2D eigenvalue weighted by atomic mass is 9.58. The van der Waals surface area contributed by atoms with Crippen molar-refractivity contribution < 1.29 is 9.90 Å². The molecule has 0 heterocycles. The number of aliphatic carboxylic acids is 1. The summed E-state index contributed by atoms with van der Waals surface area (Å²) in [6, 6.07) is 0. The zero-order chi connectivity index (χ0) is 9.87. The summed E-state index contributed by atoms with van der Waals surface area (Å²) in [5.74, 6) is 2.48. The van der Waals surface area contributed by atoms with Crippen LogP contribution in [0.2, 0.25) is 0 Å². The predicted molar refractivity (Wildman–Crippen MR) is 52.8 cm³/mol. The molecule has 0 aromatic rings. The molecule has 2 atom stereocenters. The molecule has 2 nitrogen and oxygen atoms in total. The summed E-state index contributed by atoms with van der Waals surface area (Å²) < 4.78 is 0. The van der Waals surface area contributed by atoms with Crippen LogP contribution >= 0.6 is 0 Å². The van der Waals surface area contributed by atoms with Gasteiger partial charge in [-0.25, -0.2) is 4.79 Å². The maximum atomic E-state index is 11.1. The minimum absolute atomic E-state index is 0.670. The minimum atomic E-state index is -0.670. The Morgan fingerprint density at radius 3 is 2.36 bits per heavy atom. The van der Waals surface area contributed by atoms with Crippen LogP contribution in [0.25, 0.3) is 0 Å². The molecule has 0 saturated heterocycles.